The molecule has 0 bridgehead atoms. The molecule has 2 atom stereocenters. The van der Waals surface area contributed by atoms with Crippen molar-refractivity contribution in [2.24, 2.45) is 0 Å². The van der Waals surface area contributed by atoms with Crippen LogP contribution in [0.15, 0.2) is 70.3 Å². The zero-order valence-electron chi connectivity index (χ0n) is 20.1. The van der Waals surface area contributed by atoms with Gasteiger partial charge in [0.1, 0.15) is 22.2 Å². The van der Waals surface area contributed by atoms with E-state index in [1.54, 1.807) is 36.0 Å². The molecular formula is C26H31FN2O4S2. The van der Waals surface area contributed by atoms with E-state index in [4.69, 9.17) is 4.74 Å². The first-order valence-electron chi connectivity index (χ1n) is 11.7. The Morgan fingerprint density at radius 2 is 1.83 bits per heavy atom. The summed E-state index contributed by atoms with van der Waals surface area (Å²) in [6.45, 7) is 2.29. The summed E-state index contributed by atoms with van der Waals surface area (Å²) in [5.74, 6) is 0.144. The summed E-state index contributed by atoms with van der Waals surface area (Å²) < 4.78 is 48.6. The fourth-order valence-electron chi connectivity index (χ4n) is 4.74. The Kier molecular flexibility index (Phi) is 7.78. The van der Waals surface area contributed by atoms with Crippen LogP contribution in [0.1, 0.15) is 38.2 Å². The average Bonchev–Trinajstić information content (AvgIpc) is 2.85. The number of aliphatic hydroxyl groups excluding tert-OH is 1. The van der Waals surface area contributed by atoms with Crippen LogP contribution in [-0.2, 0) is 16.6 Å². The predicted octanol–water partition coefficient (Wildman–Crippen LogP) is 5.79. The lowest BCUT2D eigenvalue weighted by Gasteiger charge is -2.46. The third-order valence-electron chi connectivity index (χ3n) is 6.58. The van der Waals surface area contributed by atoms with Gasteiger partial charge in [-0.25, -0.2) is 12.8 Å². The first-order valence-corrected chi connectivity index (χ1v) is 14.3. The molecule has 1 N–H and O–H groups in total. The van der Waals surface area contributed by atoms with Crippen molar-refractivity contribution in [1.82, 2.24) is 4.31 Å². The summed E-state index contributed by atoms with van der Waals surface area (Å²) in [4.78, 5) is 2.33. The van der Waals surface area contributed by atoms with E-state index in [1.807, 2.05) is 29.2 Å². The molecule has 2 aliphatic heterocycles. The number of nitrogens with zero attached hydrogens (tertiary/aromatic N) is 2. The molecule has 0 saturated carbocycles. The van der Waals surface area contributed by atoms with Gasteiger partial charge in [-0.1, -0.05) is 31.9 Å². The second-order valence-corrected chi connectivity index (χ2v) is 11.4. The molecule has 2 aromatic carbocycles. The lowest BCUT2D eigenvalue weighted by atomic mass is 9.97. The monoisotopic (exact) mass is 518 g/mol. The highest BCUT2D eigenvalue weighted by atomic mass is 32.2. The molecule has 0 amide bonds. The van der Waals surface area contributed by atoms with Gasteiger partial charge < -0.3 is 14.7 Å². The maximum Gasteiger partial charge on any atom is 0.245 e. The van der Waals surface area contributed by atoms with Crippen molar-refractivity contribution in [3.05, 3.63) is 81.7 Å². The highest BCUT2D eigenvalue weighted by Crippen LogP contribution is 2.44. The van der Waals surface area contributed by atoms with E-state index in [2.05, 4.69) is 6.92 Å². The summed E-state index contributed by atoms with van der Waals surface area (Å²) in [5.41, 5.74) is 1.53. The van der Waals surface area contributed by atoms with Crippen molar-refractivity contribution in [1.29, 1.82) is 0 Å². The molecule has 1 saturated heterocycles. The maximum absolute atomic E-state index is 14.1. The number of anilines is 1. The van der Waals surface area contributed by atoms with Crippen molar-refractivity contribution in [2.75, 3.05) is 18.3 Å². The van der Waals surface area contributed by atoms with Gasteiger partial charge in [0.2, 0.25) is 10.0 Å². The lowest BCUT2D eigenvalue weighted by molar-refractivity contribution is 0.254. The Morgan fingerprint density at radius 1 is 1.14 bits per heavy atom. The molecule has 2 aromatic rings. The number of rotatable bonds is 8. The molecule has 1 fully saturated rings. The molecule has 4 rings (SSSR count). The smallest absolute Gasteiger partial charge is 0.245 e. The van der Waals surface area contributed by atoms with Crippen LogP contribution in [0.5, 0.6) is 5.75 Å². The minimum atomic E-state index is -4.00. The second-order valence-electron chi connectivity index (χ2n) is 8.74. The van der Waals surface area contributed by atoms with Crippen LogP contribution in [0, 0.1) is 5.82 Å². The Morgan fingerprint density at radius 3 is 2.43 bits per heavy atom. The fourth-order valence-corrected chi connectivity index (χ4v) is 7.39. The molecule has 35 heavy (non-hydrogen) atoms. The third-order valence-corrected chi connectivity index (χ3v) is 9.39. The second kappa shape index (κ2) is 10.6. The highest BCUT2D eigenvalue weighted by Gasteiger charge is 2.48. The molecular weight excluding hydrogens is 487 g/mol. The van der Waals surface area contributed by atoms with Crippen LogP contribution in [0.4, 0.5) is 10.1 Å². The van der Waals surface area contributed by atoms with Crippen LogP contribution < -0.4 is 9.64 Å². The number of benzene rings is 2. The predicted molar refractivity (Wildman–Crippen MR) is 139 cm³/mol. The number of halogens is 1. The molecule has 0 spiro atoms. The Balaban J connectivity index is 1.78. The lowest BCUT2D eigenvalue weighted by Crippen LogP contribution is -2.54. The molecule has 9 heteroatoms. The minimum absolute atomic E-state index is 0.00920. The van der Waals surface area contributed by atoms with Crippen molar-refractivity contribution in [3.8, 4) is 5.75 Å². The van der Waals surface area contributed by atoms with E-state index < -0.39 is 16.1 Å². The van der Waals surface area contributed by atoms with Gasteiger partial charge in [-0.15, -0.1) is 11.8 Å². The summed E-state index contributed by atoms with van der Waals surface area (Å²) in [6, 6.07) is 12.6. The third kappa shape index (κ3) is 5.08. The largest absolute Gasteiger partial charge is 0.506 e. The molecule has 0 aromatic heterocycles. The van der Waals surface area contributed by atoms with Crippen LogP contribution in [0.2, 0.25) is 0 Å². The van der Waals surface area contributed by atoms with E-state index in [0.29, 0.717) is 29.2 Å². The Hall–Kier alpha value is -2.49. The molecule has 2 unspecified atom stereocenters. The molecule has 6 nitrogen and oxygen atoms in total. The van der Waals surface area contributed by atoms with Crippen molar-refractivity contribution in [3.63, 3.8) is 0 Å². The number of hydrogen-bond donors (Lipinski definition) is 1. The van der Waals surface area contributed by atoms with Gasteiger partial charge in [0, 0.05) is 24.5 Å². The van der Waals surface area contributed by atoms with Gasteiger partial charge >= 0.3 is 0 Å². The maximum atomic E-state index is 14.1. The number of aliphatic hydroxyl groups is 1. The molecule has 2 heterocycles. The van der Waals surface area contributed by atoms with Gasteiger partial charge in [0.15, 0.2) is 0 Å². The summed E-state index contributed by atoms with van der Waals surface area (Å²) in [7, 11) is -2.41. The first-order chi connectivity index (χ1) is 16.8. The van der Waals surface area contributed by atoms with Crippen molar-refractivity contribution in [2.45, 2.75) is 51.2 Å². The number of fused-ring (bicyclic) bond motifs is 1. The SMILES string of the molecule is CCCCC1CC2C(=C(O)C(SC)=CN2c2ccc(F)cc2)S(=O)(=O)N1Cc1ccc(OC)cc1. The number of hydrogen-bond acceptors (Lipinski definition) is 6. The summed E-state index contributed by atoms with van der Waals surface area (Å²) in [6.07, 6.45) is 6.63. The van der Waals surface area contributed by atoms with Crippen molar-refractivity contribution >= 4 is 27.5 Å². The number of thioether (sulfide) groups is 1. The molecule has 188 valence electrons. The fraction of sp³-hybridized carbons (Fsp3) is 0.385. The number of sulfonamides is 1. The Bertz CT molecular complexity index is 1210. The quantitative estimate of drug-likeness (QED) is 0.477. The number of ether oxygens (including phenoxy) is 1. The van der Waals surface area contributed by atoms with Gasteiger partial charge in [-0.2, -0.15) is 4.31 Å². The Labute approximate surface area is 211 Å². The zero-order valence-corrected chi connectivity index (χ0v) is 21.8. The van der Waals surface area contributed by atoms with E-state index in [0.717, 1.165) is 18.4 Å². The van der Waals surface area contributed by atoms with Crippen LogP contribution in [0.25, 0.3) is 0 Å². The van der Waals surface area contributed by atoms with Crippen LogP contribution in [0.3, 0.4) is 0 Å². The molecule has 2 aliphatic rings. The average molecular weight is 519 g/mol. The van der Waals surface area contributed by atoms with Gasteiger partial charge in [0.25, 0.3) is 0 Å². The van der Waals surface area contributed by atoms with Gasteiger partial charge in [0.05, 0.1) is 18.1 Å². The summed E-state index contributed by atoms with van der Waals surface area (Å²) in [5, 5.41) is 11.1. The standard InChI is InChI=1S/C26H31FN2O4S2/c1-4-5-6-21-15-23-26(35(31,32)29(21)16-18-7-13-22(33-2)14-8-18)25(30)24(34-3)17-28(23)20-11-9-19(27)10-12-20/h7-14,17,21,23,30H,4-6,15-16H2,1-3H3. The van der Waals surface area contributed by atoms with Crippen LogP contribution >= 0.6 is 11.8 Å². The van der Waals surface area contributed by atoms with Gasteiger partial charge in [-0.05, 0) is 61.1 Å². The zero-order chi connectivity index (χ0) is 25.2. The van der Waals surface area contributed by atoms with E-state index >= 15 is 0 Å². The number of unbranched alkanes of at least 4 members (excludes halogenated alkanes) is 1. The topological polar surface area (TPSA) is 70.1 Å². The summed E-state index contributed by atoms with van der Waals surface area (Å²) >= 11 is 1.28. The minimum Gasteiger partial charge on any atom is -0.506 e. The van der Waals surface area contributed by atoms with Gasteiger partial charge in [-0.3, -0.25) is 0 Å². The van der Waals surface area contributed by atoms with E-state index in [-0.39, 0.29) is 29.1 Å². The molecule has 0 radical (unpaired) electrons. The first kappa shape index (κ1) is 25.6. The van der Waals surface area contributed by atoms with Crippen molar-refractivity contribution < 1.29 is 22.7 Å². The van der Waals surface area contributed by atoms with E-state index in [9.17, 15) is 17.9 Å². The number of methoxy groups -OCH3 is 1. The molecule has 0 aliphatic carbocycles. The van der Waals surface area contributed by atoms with E-state index in [1.165, 1.54) is 23.9 Å². The normalized spacial score (nSPS) is 22.1. The highest BCUT2D eigenvalue weighted by molar-refractivity contribution is 8.02. The van der Waals surface area contributed by atoms with Crippen LogP contribution in [-0.4, -0.2) is 43.3 Å².